The van der Waals surface area contributed by atoms with Gasteiger partial charge in [-0.15, -0.1) is 0 Å². The molecule has 0 saturated carbocycles. The van der Waals surface area contributed by atoms with Crippen molar-refractivity contribution in [1.82, 2.24) is 29.1 Å². The maximum Gasteiger partial charge on any atom is 0.421 e. The van der Waals surface area contributed by atoms with Crippen LogP contribution in [0.2, 0.25) is 5.02 Å². The minimum atomic E-state index is -0.838. The number of aromatic nitrogens is 6. The predicted molar refractivity (Wildman–Crippen MR) is 118 cm³/mol. The quantitative estimate of drug-likeness (QED) is 0.430. The summed E-state index contributed by atoms with van der Waals surface area (Å²) in [4.78, 5) is 42.2. The van der Waals surface area contributed by atoms with E-state index in [1.165, 1.54) is 30.7 Å². The molecule has 0 spiro atoms. The number of nitrogen functional groups attached to an aromatic ring is 1. The summed E-state index contributed by atoms with van der Waals surface area (Å²) in [5.41, 5.74) is 5.78. The van der Waals surface area contributed by atoms with Crippen molar-refractivity contribution in [3.8, 4) is 5.69 Å². The van der Waals surface area contributed by atoms with Crippen LogP contribution in [0, 0.1) is 5.82 Å². The number of rotatable bonds is 3. The molecule has 0 aliphatic heterocycles. The van der Waals surface area contributed by atoms with Gasteiger partial charge in [0.2, 0.25) is 5.95 Å². The lowest BCUT2D eigenvalue weighted by atomic mass is 10.2. The normalized spacial score (nSPS) is 11.2. The van der Waals surface area contributed by atoms with Crippen molar-refractivity contribution >= 4 is 45.7 Å². The third-order valence-electron chi connectivity index (χ3n) is 4.84. The highest BCUT2D eigenvalue weighted by Crippen LogP contribution is 2.22. The number of anilines is 1. The van der Waals surface area contributed by atoms with Crippen LogP contribution in [-0.4, -0.2) is 35.2 Å². The van der Waals surface area contributed by atoms with Gasteiger partial charge in [-0.2, -0.15) is 4.98 Å². The van der Waals surface area contributed by atoms with E-state index in [2.05, 4.69) is 19.9 Å². The zero-order valence-corrected chi connectivity index (χ0v) is 17.4. The molecule has 0 saturated heterocycles. The van der Waals surface area contributed by atoms with Gasteiger partial charge in [-0.05, 0) is 24.3 Å². The van der Waals surface area contributed by atoms with E-state index >= 15 is 0 Å². The average Bonchev–Trinajstić information content (AvgIpc) is 3.21. The largest absolute Gasteiger partial charge is 0.441 e. The molecule has 3 aromatic heterocycles. The molecule has 0 unspecified atom stereocenters. The van der Waals surface area contributed by atoms with Crippen LogP contribution >= 0.6 is 11.6 Å². The molecule has 12 heteroatoms. The molecule has 33 heavy (non-hydrogen) atoms. The number of carbonyl (C=O) groups is 1. The molecule has 3 heterocycles. The maximum absolute atomic E-state index is 14.5. The Labute approximate surface area is 189 Å². The summed E-state index contributed by atoms with van der Waals surface area (Å²) >= 11 is 6.29. The summed E-state index contributed by atoms with van der Waals surface area (Å²) in [6.45, 7) is -0.425. The van der Waals surface area contributed by atoms with Crippen molar-refractivity contribution in [3.63, 3.8) is 0 Å². The molecule has 2 aromatic carbocycles. The fraction of sp³-hybridized carbons (Fsp3) is 0.0476. The summed E-state index contributed by atoms with van der Waals surface area (Å²) in [5.74, 6) is -0.725. The minimum absolute atomic E-state index is 0.0390. The lowest BCUT2D eigenvalue weighted by Crippen LogP contribution is -2.26. The van der Waals surface area contributed by atoms with Gasteiger partial charge < -0.3 is 10.5 Å². The number of nitrogens with two attached hydrogens (primary N) is 1. The lowest BCUT2D eigenvalue weighted by molar-refractivity contribution is 0.138. The molecule has 2 N–H and O–H groups in total. The Balaban J connectivity index is 1.59. The second kappa shape index (κ2) is 7.95. The Hall–Kier alpha value is -4.38. The van der Waals surface area contributed by atoms with Gasteiger partial charge >= 0.3 is 6.09 Å². The molecule has 0 fully saturated rings. The molecule has 0 atom stereocenters. The topological polar surface area (TPSA) is 131 Å². The van der Waals surface area contributed by atoms with Crippen molar-refractivity contribution in [1.29, 1.82) is 0 Å². The first-order chi connectivity index (χ1) is 15.9. The predicted octanol–water partition coefficient (Wildman–Crippen LogP) is 3.09. The van der Waals surface area contributed by atoms with Crippen LogP contribution in [0.15, 0.2) is 59.8 Å². The van der Waals surface area contributed by atoms with E-state index in [9.17, 15) is 14.0 Å². The molecule has 5 aromatic rings. The second-order valence-electron chi connectivity index (χ2n) is 6.86. The molecule has 0 bridgehead atoms. The number of ether oxygens (including phenoxy) is 1. The minimum Gasteiger partial charge on any atom is -0.441 e. The number of imidazole rings is 1. The smallest absolute Gasteiger partial charge is 0.421 e. The summed E-state index contributed by atoms with van der Waals surface area (Å²) in [6, 6.07) is 10.6. The third-order valence-corrected chi connectivity index (χ3v) is 5.16. The Morgan fingerprint density at radius 3 is 2.73 bits per heavy atom. The maximum atomic E-state index is 14.5. The van der Waals surface area contributed by atoms with Gasteiger partial charge in [0.05, 0.1) is 22.4 Å². The summed E-state index contributed by atoms with van der Waals surface area (Å²) in [5, 5.41) is 0.0257. The van der Waals surface area contributed by atoms with E-state index in [4.69, 9.17) is 22.1 Å². The van der Waals surface area contributed by atoms with Gasteiger partial charge in [0, 0.05) is 0 Å². The second-order valence-corrected chi connectivity index (χ2v) is 7.27. The zero-order chi connectivity index (χ0) is 23.1. The first kappa shape index (κ1) is 20.5. The van der Waals surface area contributed by atoms with Crippen molar-refractivity contribution in [2.75, 3.05) is 5.73 Å². The summed E-state index contributed by atoms with van der Waals surface area (Å²) in [7, 11) is 0. The van der Waals surface area contributed by atoms with Crippen LogP contribution < -0.4 is 11.3 Å². The van der Waals surface area contributed by atoms with Gasteiger partial charge in [0.1, 0.15) is 23.0 Å². The molecular weight excluding hydrogens is 453 g/mol. The van der Waals surface area contributed by atoms with Gasteiger partial charge in [0.25, 0.3) is 5.56 Å². The fourth-order valence-electron chi connectivity index (χ4n) is 3.37. The molecule has 0 radical (unpaired) electrons. The van der Waals surface area contributed by atoms with Crippen LogP contribution in [0.5, 0.6) is 0 Å². The van der Waals surface area contributed by atoms with E-state index in [1.54, 1.807) is 24.3 Å². The molecule has 164 valence electrons. The van der Waals surface area contributed by atoms with Gasteiger partial charge in [-0.3, -0.25) is 9.36 Å². The monoisotopic (exact) mass is 465 g/mol. The first-order valence-electron chi connectivity index (χ1n) is 9.52. The first-order valence-corrected chi connectivity index (χ1v) is 9.89. The van der Waals surface area contributed by atoms with Gasteiger partial charge in [-0.1, -0.05) is 29.8 Å². The molecule has 0 aliphatic rings. The molecule has 0 aliphatic carbocycles. The highest BCUT2D eigenvalue weighted by atomic mass is 35.5. The van der Waals surface area contributed by atoms with Crippen molar-refractivity contribution in [3.05, 3.63) is 82.0 Å². The number of hydrogen-bond acceptors (Lipinski definition) is 8. The Morgan fingerprint density at radius 2 is 1.91 bits per heavy atom. The van der Waals surface area contributed by atoms with E-state index in [0.717, 1.165) is 9.13 Å². The number of benzene rings is 2. The number of halogens is 2. The standard InChI is InChI=1S/C21H13ClFN7O3/c22-11-4-1-2-7-15(11)30-16(27-13-6-3-5-12(23)17(13)19(30)31)9-33-21(32)29-10-26-14-8-25-20(24)28-18(14)29/h1-8,10H,9H2,(H2,24,25,28). The van der Waals surface area contributed by atoms with Crippen molar-refractivity contribution in [2.24, 2.45) is 0 Å². The van der Waals surface area contributed by atoms with Crippen LogP contribution in [0.3, 0.4) is 0 Å². The number of para-hydroxylation sites is 1. The Bertz CT molecular complexity index is 1620. The van der Waals surface area contributed by atoms with Crippen molar-refractivity contribution < 1.29 is 13.9 Å². The highest BCUT2D eigenvalue weighted by Gasteiger charge is 2.20. The molecule has 5 rings (SSSR count). The van der Waals surface area contributed by atoms with E-state index in [-0.39, 0.29) is 39.0 Å². The zero-order valence-electron chi connectivity index (χ0n) is 16.6. The fourth-order valence-corrected chi connectivity index (χ4v) is 3.59. The molecule has 0 amide bonds. The highest BCUT2D eigenvalue weighted by molar-refractivity contribution is 6.32. The van der Waals surface area contributed by atoms with Crippen molar-refractivity contribution in [2.45, 2.75) is 6.61 Å². The number of carbonyl (C=O) groups excluding carboxylic acids is 1. The van der Waals surface area contributed by atoms with E-state index in [0.29, 0.717) is 5.52 Å². The van der Waals surface area contributed by atoms with Crippen LogP contribution in [-0.2, 0) is 11.3 Å². The third kappa shape index (κ3) is 3.53. The van der Waals surface area contributed by atoms with Gasteiger partial charge in [0.15, 0.2) is 18.1 Å². The van der Waals surface area contributed by atoms with Gasteiger partial charge in [-0.25, -0.2) is 28.7 Å². The van der Waals surface area contributed by atoms with E-state index in [1.807, 2.05) is 0 Å². The Morgan fingerprint density at radius 1 is 1.09 bits per heavy atom. The average molecular weight is 466 g/mol. The summed E-state index contributed by atoms with van der Waals surface area (Å²) in [6.07, 6.45) is 1.75. The summed E-state index contributed by atoms with van der Waals surface area (Å²) < 4.78 is 22.0. The number of hydrogen-bond donors (Lipinski definition) is 1. The van der Waals surface area contributed by atoms with Crippen LogP contribution in [0.1, 0.15) is 5.82 Å². The molecular formula is C21H13ClFN7O3. The molecule has 10 nitrogen and oxygen atoms in total. The SMILES string of the molecule is Nc1ncc2ncn(C(=O)OCc3nc4cccc(F)c4c(=O)n3-c3ccccc3Cl)c2n1. The number of nitrogens with zero attached hydrogens (tertiary/aromatic N) is 6. The van der Waals surface area contributed by atoms with E-state index < -0.39 is 24.1 Å². The van der Waals surface area contributed by atoms with Crippen LogP contribution in [0.4, 0.5) is 15.1 Å². The van der Waals surface area contributed by atoms with Crippen LogP contribution in [0.25, 0.3) is 27.8 Å². The lowest BCUT2D eigenvalue weighted by Gasteiger charge is -2.15. The Kier molecular flexibility index (Phi) is 4.94. The number of fused-ring (bicyclic) bond motifs is 2.